The van der Waals surface area contributed by atoms with Gasteiger partial charge in [-0.3, -0.25) is 9.59 Å². The molecule has 6 heteroatoms. The minimum Gasteiger partial charge on any atom is -0.507 e. The van der Waals surface area contributed by atoms with E-state index in [1.54, 1.807) is 43.5 Å². The summed E-state index contributed by atoms with van der Waals surface area (Å²) in [4.78, 5) is 27.2. The molecule has 1 unspecified atom stereocenters. The number of ether oxygens (including phenoxy) is 2. The van der Waals surface area contributed by atoms with Crippen LogP contribution in [0.5, 0.6) is 11.5 Å². The molecule has 1 aliphatic heterocycles. The largest absolute Gasteiger partial charge is 0.507 e. The van der Waals surface area contributed by atoms with Crippen LogP contribution in [0.15, 0.2) is 54.1 Å². The lowest BCUT2D eigenvalue weighted by atomic mass is 9.95. The number of aliphatic hydroxyl groups is 1. The Hall–Kier alpha value is -3.28. The smallest absolute Gasteiger partial charge is 0.295 e. The average Bonchev–Trinajstić information content (AvgIpc) is 3.02. The zero-order valence-electron chi connectivity index (χ0n) is 17.6. The van der Waals surface area contributed by atoms with Gasteiger partial charge in [0.1, 0.15) is 17.3 Å². The minimum absolute atomic E-state index is 0.0891. The molecule has 158 valence electrons. The highest BCUT2D eigenvalue weighted by Gasteiger charge is 2.45. The van der Waals surface area contributed by atoms with E-state index in [2.05, 4.69) is 0 Å². The number of nitrogens with zero attached hydrogens (tertiary/aromatic N) is 1. The van der Waals surface area contributed by atoms with Crippen molar-refractivity contribution in [1.29, 1.82) is 0 Å². The van der Waals surface area contributed by atoms with Gasteiger partial charge in [-0.2, -0.15) is 0 Å². The van der Waals surface area contributed by atoms with Crippen LogP contribution in [0.1, 0.15) is 43.9 Å². The topological polar surface area (TPSA) is 76.1 Å². The molecule has 2 aromatic rings. The second-order valence-electron chi connectivity index (χ2n) is 7.14. The summed E-state index contributed by atoms with van der Waals surface area (Å²) in [5.74, 6) is -0.203. The molecule has 3 rings (SSSR count). The number of carbonyl (C=O) groups excluding carboxylic acids is 2. The lowest BCUT2D eigenvalue weighted by Gasteiger charge is -2.25. The third kappa shape index (κ3) is 4.17. The molecule has 0 saturated carbocycles. The molecule has 1 saturated heterocycles. The van der Waals surface area contributed by atoms with Gasteiger partial charge in [0.05, 0.1) is 25.3 Å². The summed E-state index contributed by atoms with van der Waals surface area (Å²) in [6.07, 6.45) is 1.55. The summed E-state index contributed by atoms with van der Waals surface area (Å²) >= 11 is 0. The lowest BCUT2D eigenvalue weighted by Crippen LogP contribution is -2.30. The molecule has 1 amide bonds. The van der Waals surface area contributed by atoms with Crippen molar-refractivity contribution in [3.8, 4) is 11.5 Å². The third-order valence-electron chi connectivity index (χ3n) is 5.02. The maximum Gasteiger partial charge on any atom is 0.295 e. The Morgan fingerprint density at radius 1 is 1.03 bits per heavy atom. The highest BCUT2D eigenvalue weighted by molar-refractivity contribution is 6.46. The van der Waals surface area contributed by atoms with Crippen molar-refractivity contribution in [2.45, 2.75) is 32.7 Å². The lowest BCUT2D eigenvalue weighted by molar-refractivity contribution is -0.139. The molecule has 1 atom stereocenters. The van der Waals surface area contributed by atoms with Gasteiger partial charge in [0.25, 0.3) is 11.7 Å². The van der Waals surface area contributed by atoms with E-state index in [9.17, 15) is 14.7 Å². The van der Waals surface area contributed by atoms with Gasteiger partial charge in [0.2, 0.25) is 0 Å². The quantitative estimate of drug-likeness (QED) is 0.399. The molecule has 1 N–H and O–H groups in total. The summed E-state index contributed by atoms with van der Waals surface area (Å²) in [5, 5.41) is 11.1. The first-order valence-corrected chi connectivity index (χ1v) is 10.2. The predicted octanol–water partition coefficient (Wildman–Crippen LogP) is 4.32. The van der Waals surface area contributed by atoms with E-state index >= 15 is 0 Å². The fourth-order valence-electron chi connectivity index (χ4n) is 3.59. The van der Waals surface area contributed by atoms with E-state index in [1.165, 1.54) is 4.90 Å². The summed E-state index contributed by atoms with van der Waals surface area (Å²) in [5.41, 5.74) is 1.27. The van der Waals surface area contributed by atoms with Crippen molar-refractivity contribution >= 4 is 17.4 Å². The van der Waals surface area contributed by atoms with Crippen LogP contribution >= 0.6 is 0 Å². The first-order valence-electron chi connectivity index (χ1n) is 10.2. The number of methoxy groups -OCH3 is 1. The van der Waals surface area contributed by atoms with Crippen LogP contribution < -0.4 is 9.47 Å². The van der Waals surface area contributed by atoms with E-state index in [4.69, 9.17) is 9.47 Å². The van der Waals surface area contributed by atoms with Gasteiger partial charge in [-0.1, -0.05) is 38.1 Å². The molecule has 6 nitrogen and oxygen atoms in total. The van der Waals surface area contributed by atoms with Gasteiger partial charge in [-0.25, -0.2) is 0 Å². The van der Waals surface area contributed by atoms with Gasteiger partial charge < -0.3 is 19.5 Å². The molecule has 0 radical (unpaired) electrons. The molecule has 1 aliphatic rings. The van der Waals surface area contributed by atoms with E-state index in [1.807, 2.05) is 26.0 Å². The first kappa shape index (κ1) is 21.4. The van der Waals surface area contributed by atoms with Crippen molar-refractivity contribution < 1.29 is 24.2 Å². The summed E-state index contributed by atoms with van der Waals surface area (Å²) in [6, 6.07) is 13.5. The fraction of sp³-hybridized carbons (Fsp3) is 0.333. The number of Topliss-reactive ketones (excluding diaryl/α,β-unsaturated/α-hetero) is 1. The molecule has 0 spiro atoms. The van der Waals surface area contributed by atoms with E-state index in [0.717, 1.165) is 12.0 Å². The Morgan fingerprint density at radius 2 is 1.77 bits per heavy atom. The number of hydrogen-bond donors (Lipinski definition) is 1. The number of rotatable bonds is 8. The molecular weight excluding hydrogens is 382 g/mol. The molecule has 1 heterocycles. The Bertz CT molecular complexity index is 948. The monoisotopic (exact) mass is 409 g/mol. The van der Waals surface area contributed by atoms with Gasteiger partial charge in [-0.05, 0) is 42.7 Å². The molecule has 30 heavy (non-hydrogen) atoms. The first-order chi connectivity index (χ1) is 14.5. The van der Waals surface area contributed by atoms with Crippen LogP contribution in [0.3, 0.4) is 0 Å². The average molecular weight is 409 g/mol. The standard InChI is InChI=1S/C24H27NO5/c1-4-13-25-21(16-9-11-18(29-3)12-10-16)20(23(27)24(25)28)22(26)17-7-6-8-19(15-17)30-14-5-2/h6-12,15,21,26H,4-5,13-14H2,1-3H3/b22-20-. The number of amides is 1. The van der Waals surface area contributed by atoms with Crippen LogP contribution in [-0.4, -0.2) is 42.0 Å². The van der Waals surface area contributed by atoms with Crippen molar-refractivity contribution in [3.05, 3.63) is 65.2 Å². The molecule has 0 bridgehead atoms. The second-order valence-corrected chi connectivity index (χ2v) is 7.14. The Balaban J connectivity index is 2.10. The van der Waals surface area contributed by atoms with Crippen molar-refractivity contribution in [2.24, 2.45) is 0 Å². The van der Waals surface area contributed by atoms with E-state index in [0.29, 0.717) is 36.6 Å². The minimum atomic E-state index is -0.679. The van der Waals surface area contributed by atoms with Gasteiger partial charge in [-0.15, -0.1) is 0 Å². The normalized spacial score (nSPS) is 18.0. The fourth-order valence-corrected chi connectivity index (χ4v) is 3.59. The van der Waals surface area contributed by atoms with Gasteiger partial charge in [0, 0.05) is 12.1 Å². The van der Waals surface area contributed by atoms with Crippen molar-refractivity contribution in [3.63, 3.8) is 0 Å². The molecular formula is C24H27NO5. The second kappa shape index (κ2) is 9.48. The molecule has 0 aromatic heterocycles. The number of likely N-dealkylation sites (tertiary alicyclic amines) is 1. The highest BCUT2D eigenvalue weighted by atomic mass is 16.5. The summed E-state index contributed by atoms with van der Waals surface area (Å²) in [7, 11) is 1.58. The van der Waals surface area contributed by atoms with Crippen LogP contribution in [0.2, 0.25) is 0 Å². The number of aliphatic hydroxyl groups excluding tert-OH is 1. The summed E-state index contributed by atoms with van der Waals surface area (Å²) in [6.45, 7) is 4.92. The van der Waals surface area contributed by atoms with Crippen LogP contribution in [0, 0.1) is 0 Å². The van der Waals surface area contributed by atoms with Crippen LogP contribution in [-0.2, 0) is 9.59 Å². The molecule has 2 aromatic carbocycles. The number of ketones is 1. The van der Waals surface area contributed by atoms with E-state index < -0.39 is 17.7 Å². The highest BCUT2D eigenvalue weighted by Crippen LogP contribution is 2.40. The van der Waals surface area contributed by atoms with Gasteiger partial charge >= 0.3 is 0 Å². The van der Waals surface area contributed by atoms with Gasteiger partial charge in [0.15, 0.2) is 0 Å². The molecule has 1 fully saturated rings. The maximum absolute atomic E-state index is 12.9. The Morgan fingerprint density at radius 3 is 2.40 bits per heavy atom. The SMILES string of the molecule is CCCOc1cccc(/C(O)=C2/C(=O)C(=O)N(CCC)C2c2ccc(OC)cc2)c1. The maximum atomic E-state index is 12.9. The van der Waals surface area contributed by atoms with Crippen LogP contribution in [0.4, 0.5) is 0 Å². The third-order valence-corrected chi connectivity index (χ3v) is 5.02. The van der Waals surface area contributed by atoms with Crippen molar-refractivity contribution in [1.82, 2.24) is 4.90 Å². The number of carbonyl (C=O) groups is 2. The summed E-state index contributed by atoms with van der Waals surface area (Å²) < 4.78 is 10.9. The molecule has 0 aliphatic carbocycles. The van der Waals surface area contributed by atoms with E-state index in [-0.39, 0.29) is 11.3 Å². The predicted molar refractivity (Wildman–Crippen MR) is 115 cm³/mol. The number of benzene rings is 2. The zero-order chi connectivity index (χ0) is 21.7. The number of hydrogen-bond acceptors (Lipinski definition) is 5. The Kier molecular flexibility index (Phi) is 6.77. The Labute approximate surface area is 176 Å². The van der Waals surface area contributed by atoms with Crippen LogP contribution in [0.25, 0.3) is 5.76 Å². The van der Waals surface area contributed by atoms with Crippen molar-refractivity contribution in [2.75, 3.05) is 20.3 Å². The zero-order valence-corrected chi connectivity index (χ0v) is 17.6.